The first kappa shape index (κ1) is 86.1. The fourth-order valence-corrected chi connectivity index (χ4v) is 13.0. The summed E-state index contributed by atoms with van der Waals surface area (Å²) >= 11 is 0. The number of phosphoric acid groups is 2. The van der Waals surface area contributed by atoms with Crippen molar-refractivity contribution in [2.75, 3.05) is 60.5 Å². The molecule has 11 atom stereocenters. The van der Waals surface area contributed by atoms with E-state index in [1.807, 2.05) is 0 Å². The van der Waals surface area contributed by atoms with Crippen LogP contribution >= 0.6 is 15.6 Å². The molecule has 2 aliphatic heterocycles. The summed E-state index contributed by atoms with van der Waals surface area (Å²) in [5.74, 6) is -0.344. The van der Waals surface area contributed by atoms with Crippen molar-refractivity contribution in [2.45, 2.75) is 365 Å². The van der Waals surface area contributed by atoms with Gasteiger partial charge in [0.2, 0.25) is 5.91 Å². The van der Waals surface area contributed by atoms with Crippen LogP contribution in [0.25, 0.3) is 0 Å². The highest BCUT2D eigenvalue weighted by Crippen LogP contribution is 2.43. The third-order valence-electron chi connectivity index (χ3n) is 17.4. The molecule has 1 amide bonds. The van der Waals surface area contributed by atoms with Crippen molar-refractivity contribution in [3.63, 3.8) is 0 Å². The summed E-state index contributed by atoms with van der Waals surface area (Å²) in [4.78, 5) is 53.8. The zero-order chi connectivity index (χ0) is 66.5. The minimum Gasteiger partial charge on any atom is -0.387 e. The Bertz CT molecular complexity index is 1800. The molecule has 6 N–H and O–H groups in total. The van der Waals surface area contributed by atoms with Gasteiger partial charge in [-0.15, -0.1) is 0 Å². The Labute approximate surface area is 552 Å². The van der Waals surface area contributed by atoms with Crippen molar-refractivity contribution < 1.29 is 90.3 Å². The summed E-state index contributed by atoms with van der Waals surface area (Å²) in [5, 5.41) is 15.5. The molecule has 0 spiro atoms. The molecule has 0 unspecified atom stereocenters. The molecule has 0 bridgehead atoms. The first-order valence-corrected chi connectivity index (χ1v) is 39.7. The second-order valence-corrected chi connectivity index (χ2v) is 28.1. The molecule has 0 radical (unpaired) electrons. The molecule has 0 saturated carbocycles. The molecule has 540 valence electrons. The van der Waals surface area contributed by atoms with E-state index in [1.165, 1.54) is 123 Å². The molecule has 2 aliphatic rings. The van der Waals surface area contributed by atoms with E-state index in [0.717, 1.165) is 128 Å². The molecule has 2 rings (SSSR count). The van der Waals surface area contributed by atoms with Crippen LogP contribution in [0.5, 0.6) is 0 Å². The lowest BCUT2D eigenvalue weighted by Gasteiger charge is -2.47. The van der Waals surface area contributed by atoms with Gasteiger partial charge in [-0.05, 0) is 64.2 Å². The van der Waals surface area contributed by atoms with Gasteiger partial charge in [-0.3, -0.25) is 13.8 Å². The molecule has 91 heavy (non-hydrogen) atoms. The van der Waals surface area contributed by atoms with Crippen molar-refractivity contribution in [1.82, 2.24) is 5.32 Å². The van der Waals surface area contributed by atoms with Crippen molar-refractivity contribution in [3.8, 4) is 0 Å². The number of carbonyl (C=O) groups is 1. The molecular weight excluding hydrogens is 1210 g/mol. The standard InChI is InChI=1S/C69H135NO19P2/c1-7-11-15-19-22-25-28-29-30-31-32-33-36-40-44-49-61(71)70-62-65(83-55-50-58(80-6)48-43-39-18-14-10-4)64(89-91(76,77)78)60(56-79-5)88-68(62)85-57-59-63(72)66(81-51-45-41-37-34-26-23-20-16-12-8-2)67(69(87-59)84-53-47-54-86-90(73,74)75)82-52-46-42-38-35-27-24-21-17-13-9-3/h29-30,58-60,62-69,72H,7-28,31-57H2,1-6H3,(H,70,71)(H2,73,74,75)(H2,76,77,78)/b30-29+/t58-,59-,60-,62-,63-,64-,65-,66+,67-,68-,69+/m1/s1. The van der Waals surface area contributed by atoms with Gasteiger partial charge in [-0.1, -0.05) is 239 Å². The van der Waals surface area contributed by atoms with Gasteiger partial charge in [0.1, 0.15) is 48.8 Å². The summed E-state index contributed by atoms with van der Waals surface area (Å²) in [6, 6.07) is -1.20. The lowest BCUT2D eigenvalue weighted by molar-refractivity contribution is -0.331. The van der Waals surface area contributed by atoms with Gasteiger partial charge in [0.05, 0.1) is 32.5 Å². The third-order valence-corrected chi connectivity index (χ3v) is 18.5. The minimum absolute atomic E-state index is 0.0460. The molecule has 22 heteroatoms. The van der Waals surface area contributed by atoms with Gasteiger partial charge in [0.15, 0.2) is 12.6 Å². The number of carbonyl (C=O) groups excluding carboxylic acids is 1. The van der Waals surface area contributed by atoms with Gasteiger partial charge in [-0.2, -0.15) is 0 Å². The first-order chi connectivity index (χ1) is 44.1. The van der Waals surface area contributed by atoms with Gasteiger partial charge in [-0.25, -0.2) is 9.13 Å². The average Bonchev–Trinajstić information content (AvgIpc) is 0.816. The minimum atomic E-state index is -5.21. The van der Waals surface area contributed by atoms with E-state index in [0.29, 0.717) is 26.1 Å². The number of nitrogens with one attached hydrogen (secondary N) is 1. The Morgan fingerprint density at radius 2 is 0.901 bits per heavy atom. The second kappa shape index (κ2) is 57.0. The second-order valence-electron chi connectivity index (χ2n) is 25.6. The van der Waals surface area contributed by atoms with Crippen LogP contribution in [0.1, 0.15) is 297 Å². The van der Waals surface area contributed by atoms with Gasteiger partial charge >= 0.3 is 15.6 Å². The number of methoxy groups -OCH3 is 2. The smallest absolute Gasteiger partial charge is 0.387 e. The Hall–Kier alpha value is -0.970. The van der Waals surface area contributed by atoms with Gasteiger partial charge in [0.25, 0.3) is 0 Å². The van der Waals surface area contributed by atoms with Crippen LogP contribution in [-0.2, 0) is 65.6 Å². The van der Waals surface area contributed by atoms with E-state index in [1.54, 1.807) is 7.11 Å². The number of unbranched alkanes of at least 4 members (excludes halogenated alkanes) is 33. The van der Waals surface area contributed by atoms with Crippen LogP contribution in [0, 0.1) is 0 Å². The van der Waals surface area contributed by atoms with Gasteiger partial charge in [0, 0.05) is 40.5 Å². The predicted octanol–water partition coefficient (Wildman–Crippen LogP) is 15.7. The Kier molecular flexibility index (Phi) is 53.9. The number of hydrogen-bond donors (Lipinski definition) is 6. The fraction of sp³-hybridized carbons (Fsp3) is 0.957. The molecule has 0 aliphatic carbocycles. The van der Waals surface area contributed by atoms with Crippen molar-refractivity contribution in [2.24, 2.45) is 0 Å². The topological polar surface area (TPSA) is 266 Å². The maximum atomic E-state index is 14.2. The third kappa shape index (κ3) is 44.6. The Morgan fingerprint density at radius 1 is 0.451 bits per heavy atom. The van der Waals surface area contributed by atoms with Crippen LogP contribution in [0.15, 0.2) is 12.2 Å². The predicted molar refractivity (Wildman–Crippen MR) is 360 cm³/mol. The highest BCUT2D eigenvalue weighted by Gasteiger charge is 2.53. The number of aliphatic hydroxyl groups excluding tert-OH is 1. The van der Waals surface area contributed by atoms with Crippen molar-refractivity contribution in [3.05, 3.63) is 12.2 Å². The highest BCUT2D eigenvalue weighted by molar-refractivity contribution is 7.46. The summed E-state index contributed by atoms with van der Waals surface area (Å²) in [6.45, 7) is 8.72. The van der Waals surface area contributed by atoms with Crippen LogP contribution in [0.2, 0.25) is 0 Å². The number of hydrogen-bond acceptors (Lipinski definition) is 15. The van der Waals surface area contributed by atoms with Crippen molar-refractivity contribution in [1.29, 1.82) is 0 Å². The molecule has 2 heterocycles. The number of amides is 1. The lowest BCUT2D eigenvalue weighted by atomic mass is 9.95. The van der Waals surface area contributed by atoms with Crippen LogP contribution in [-0.4, -0.2) is 159 Å². The summed E-state index contributed by atoms with van der Waals surface area (Å²) in [7, 11) is -6.88. The van der Waals surface area contributed by atoms with E-state index in [9.17, 15) is 38.6 Å². The maximum Gasteiger partial charge on any atom is 0.470 e. The first-order valence-electron chi connectivity index (χ1n) is 36.6. The number of ether oxygens (including phenoxy) is 9. The number of aliphatic hydroxyl groups is 1. The number of rotatable bonds is 64. The number of phosphoric ester groups is 2. The number of allylic oxidation sites excluding steroid dienone is 2. The quantitative estimate of drug-likeness (QED) is 0.0188. The normalized spacial score (nSPS) is 22.8. The monoisotopic (exact) mass is 1340 g/mol. The molecule has 20 nitrogen and oxygen atoms in total. The van der Waals surface area contributed by atoms with Gasteiger partial charge < -0.3 is 72.6 Å². The molecule has 0 aromatic heterocycles. The van der Waals surface area contributed by atoms with Crippen LogP contribution in [0.4, 0.5) is 0 Å². The molecule has 0 aromatic rings. The molecule has 2 saturated heterocycles. The van der Waals surface area contributed by atoms with E-state index < -0.39 is 77.0 Å². The summed E-state index contributed by atoms with van der Waals surface area (Å²) in [6.07, 6.45) is 37.7. The van der Waals surface area contributed by atoms with E-state index >= 15 is 0 Å². The maximum absolute atomic E-state index is 14.2. The highest BCUT2D eigenvalue weighted by atomic mass is 31.2. The van der Waals surface area contributed by atoms with Crippen LogP contribution in [0.3, 0.4) is 0 Å². The van der Waals surface area contributed by atoms with Crippen molar-refractivity contribution >= 4 is 21.6 Å². The fourth-order valence-electron chi connectivity index (χ4n) is 12.1. The largest absolute Gasteiger partial charge is 0.470 e. The molecule has 0 aromatic carbocycles. The van der Waals surface area contributed by atoms with E-state index in [4.69, 9.17) is 51.7 Å². The molecule has 2 fully saturated rings. The zero-order valence-electron chi connectivity index (χ0n) is 58.0. The van der Waals surface area contributed by atoms with E-state index in [2.05, 4.69) is 45.2 Å². The molecular formula is C69H135NO19P2. The zero-order valence-corrected chi connectivity index (χ0v) is 59.8. The SMILES string of the molecule is CCCCCCCC/C=C/CCCCCCCC(=O)N[C@H]1[C@H](OC[C@H]2O[C@H](OCCCOP(=O)(O)O)[C@H](OCCCCCCCCCCCC)[C@@H](OCCCCCCCCCCCC)[C@@H]2O)O[C@H](COC)[C@@H](OP(=O)(O)O)[C@@H]1OCC[C@@H](CCCCCCC)OC. The van der Waals surface area contributed by atoms with Crippen LogP contribution < -0.4 is 5.32 Å². The summed E-state index contributed by atoms with van der Waals surface area (Å²) < 4.78 is 92.1. The summed E-state index contributed by atoms with van der Waals surface area (Å²) in [5.41, 5.74) is 0. The average molecular weight is 1340 g/mol. The Morgan fingerprint density at radius 3 is 1.40 bits per heavy atom. The Balaban J connectivity index is 2.46. The van der Waals surface area contributed by atoms with E-state index in [-0.39, 0.29) is 57.9 Å². The lowest BCUT2D eigenvalue weighted by Crippen LogP contribution is -2.67.